The molecule has 0 aromatic heterocycles. The van der Waals surface area contributed by atoms with E-state index in [0.717, 1.165) is 38.8 Å². The van der Waals surface area contributed by atoms with Crippen LogP contribution in [0.5, 0.6) is 0 Å². The number of nitrogens with one attached hydrogen (secondary N) is 2. The molecule has 0 spiro atoms. The van der Waals surface area contributed by atoms with Crippen LogP contribution in [0.25, 0.3) is 0 Å². The average molecular weight is 269 g/mol. The highest BCUT2D eigenvalue weighted by Gasteiger charge is 2.17. The van der Waals surface area contributed by atoms with Gasteiger partial charge in [-0.25, -0.2) is 0 Å². The smallest absolute Gasteiger partial charge is 0.239 e. The molecule has 0 radical (unpaired) electrons. The second kappa shape index (κ2) is 8.91. The van der Waals surface area contributed by atoms with Crippen molar-refractivity contribution in [2.24, 2.45) is 5.92 Å². The third-order valence-corrected chi connectivity index (χ3v) is 3.60. The second-order valence-corrected chi connectivity index (χ2v) is 5.33. The zero-order valence-corrected chi connectivity index (χ0v) is 12.2. The maximum atomic E-state index is 11.9. The lowest BCUT2D eigenvalue weighted by Crippen LogP contribution is -2.38. The van der Waals surface area contributed by atoms with Gasteiger partial charge in [0, 0.05) is 20.0 Å². The van der Waals surface area contributed by atoms with Crippen LogP contribution >= 0.6 is 0 Å². The molecule has 1 aliphatic heterocycles. The molecule has 1 fully saturated rings. The van der Waals surface area contributed by atoms with Crippen molar-refractivity contribution in [2.45, 2.75) is 39.0 Å². The van der Waals surface area contributed by atoms with Crippen molar-refractivity contribution in [3.8, 4) is 0 Å². The first-order valence-corrected chi connectivity index (χ1v) is 7.34. The lowest BCUT2D eigenvalue weighted by molar-refractivity contribution is -0.135. The number of carbonyl (C=O) groups excluding carboxylic acids is 2. The van der Waals surface area contributed by atoms with Crippen molar-refractivity contribution in [2.75, 3.05) is 33.2 Å². The highest BCUT2D eigenvalue weighted by Crippen LogP contribution is 2.18. The second-order valence-electron chi connectivity index (χ2n) is 5.33. The first kappa shape index (κ1) is 16.0. The summed E-state index contributed by atoms with van der Waals surface area (Å²) in [5.74, 6) is 0.664. The van der Waals surface area contributed by atoms with Gasteiger partial charge in [0.2, 0.25) is 11.8 Å². The van der Waals surface area contributed by atoms with Gasteiger partial charge in [0.05, 0.1) is 6.54 Å². The van der Waals surface area contributed by atoms with E-state index in [4.69, 9.17) is 0 Å². The number of hydrogen-bond donors (Lipinski definition) is 2. The molecule has 0 aromatic carbocycles. The summed E-state index contributed by atoms with van der Waals surface area (Å²) >= 11 is 0. The van der Waals surface area contributed by atoms with Gasteiger partial charge in [0.25, 0.3) is 0 Å². The van der Waals surface area contributed by atoms with Crippen molar-refractivity contribution in [3.05, 3.63) is 0 Å². The summed E-state index contributed by atoms with van der Waals surface area (Å²) in [5.41, 5.74) is 0. The van der Waals surface area contributed by atoms with Gasteiger partial charge in [0.1, 0.15) is 0 Å². The zero-order valence-electron chi connectivity index (χ0n) is 12.2. The van der Waals surface area contributed by atoms with E-state index in [2.05, 4.69) is 10.6 Å². The monoisotopic (exact) mass is 269 g/mol. The van der Waals surface area contributed by atoms with E-state index in [1.165, 1.54) is 4.90 Å². The Morgan fingerprint density at radius 1 is 1.32 bits per heavy atom. The quantitative estimate of drug-likeness (QED) is 0.717. The summed E-state index contributed by atoms with van der Waals surface area (Å²) in [5, 5.41) is 6.10. The highest BCUT2D eigenvalue weighted by atomic mass is 16.2. The van der Waals surface area contributed by atoms with E-state index in [9.17, 15) is 9.59 Å². The van der Waals surface area contributed by atoms with E-state index < -0.39 is 0 Å². The third-order valence-electron chi connectivity index (χ3n) is 3.60. The molecule has 0 atom stereocenters. The largest absolute Gasteiger partial charge is 0.355 e. The van der Waals surface area contributed by atoms with Crippen molar-refractivity contribution in [3.63, 3.8) is 0 Å². The molecule has 5 nitrogen and oxygen atoms in total. The first-order valence-electron chi connectivity index (χ1n) is 7.34. The van der Waals surface area contributed by atoms with Crippen LogP contribution in [0.2, 0.25) is 0 Å². The molecule has 0 bridgehead atoms. The Balaban J connectivity index is 2.18. The van der Waals surface area contributed by atoms with Crippen LogP contribution in [0.1, 0.15) is 39.0 Å². The van der Waals surface area contributed by atoms with Crippen LogP contribution in [0, 0.1) is 5.92 Å². The summed E-state index contributed by atoms with van der Waals surface area (Å²) in [7, 11) is 1.70. The minimum absolute atomic E-state index is 0.0698. The fraction of sp³-hybridized carbons (Fsp3) is 0.857. The van der Waals surface area contributed by atoms with Crippen LogP contribution in [0.4, 0.5) is 0 Å². The normalized spacial score (nSPS) is 16.1. The van der Waals surface area contributed by atoms with Gasteiger partial charge in [-0.05, 0) is 44.7 Å². The summed E-state index contributed by atoms with van der Waals surface area (Å²) in [6.45, 7) is 4.98. The predicted octanol–water partition coefficient (Wildman–Crippen LogP) is 0.751. The molecule has 1 aliphatic rings. The molecule has 2 amide bonds. The summed E-state index contributed by atoms with van der Waals surface area (Å²) in [4.78, 5) is 25.0. The van der Waals surface area contributed by atoms with Gasteiger partial charge in [-0.2, -0.15) is 0 Å². The molecule has 0 aromatic rings. The number of rotatable bonds is 7. The topological polar surface area (TPSA) is 61.4 Å². The van der Waals surface area contributed by atoms with E-state index in [1.807, 2.05) is 6.92 Å². The molecule has 1 rings (SSSR count). The van der Waals surface area contributed by atoms with Crippen molar-refractivity contribution in [1.82, 2.24) is 15.5 Å². The molecule has 0 aliphatic carbocycles. The van der Waals surface area contributed by atoms with Crippen molar-refractivity contribution >= 4 is 11.8 Å². The minimum Gasteiger partial charge on any atom is -0.355 e. The van der Waals surface area contributed by atoms with Crippen LogP contribution in [-0.4, -0.2) is 49.9 Å². The molecule has 5 heteroatoms. The van der Waals surface area contributed by atoms with E-state index in [1.54, 1.807) is 7.05 Å². The number of carbonyl (C=O) groups is 2. The van der Waals surface area contributed by atoms with E-state index in [-0.39, 0.29) is 18.4 Å². The highest BCUT2D eigenvalue weighted by molar-refractivity contribution is 5.84. The maximum Gasteiger partial charge on any atom is 0.239 e. The molecule has 19 heavy (non-hydrogen) atoms. The summed E-state index contributed by atoms with van der Waals surface area (Å²) in [6, 6.07) is 0. The number of amides is 2. The van der Waals surface area contributed by atoms with Crippen LogP contribution < -0.4 is 10.6 Å². The van der Waals surface area contributed by atoms with Gasteiger partial charge in [-0.3, -0.25) is 9.59 Å². The molecule has 0 saturated carbocycles. The average Bonchev–Trinajstić information content (AvgIpc) is 2.43. The van der Waals surface area contributed by atoms with Crippen LogP contribution in [-0.2, 0) is 9.59 Å². The zero-order chi connectivity index (χ0) is 14.1. The number of piperidine rings is 1. The Kier molecular flexibility index (Phi) is 7.48. The summed E-state index contributed by atoms with van der Waals surface area (Å²) in [6.07, 6.45) is 4.74. The Morgan fingerprint density at radius 3 is 2.63 bits per heavy atom. The van der Waals surface area contributed by atoms with Crippen LogP contribution in [0.3, 0.4) is 0 Å². The third kappa shape index (κ3) is 6.57. The van der Waals surface area contributed by atoms with Gasteiger partial charge >= 0.3 is 0 Å². The molecular formula is C14H27N3O2. The SMILES string of the molecule is CCCNC(=O)CN(C)C(=O)CCC1CCNCC1. The molecule has 110 valence electrons. The molecule has 1 heterocycles. The standard InChI is InChI=1S/C14H27N3O2/c1-3-8-16-13(18)11-17(2)14(19)5-4-12-6-9-15-10-7-12/h12,15H,3-11H2,1-2H3,(H,16,18). The van der Waals surface area contributed by atoms with Gasteiger partial charge in [0.15, 0.2) is 0 Å². The lowest BCUT2D eigenvalue weighted by Gasteiger charge is -2.23. The maximum absolute atomic E-state index is 11.9. The van der Waals surface area contributed by atoms with E-state index in [0.29, 0.717) is 18.9 Å². The van der Waals surface area contributed by atoms with Crippen molar-refractivity contribution < 1.29 is 9.59 Å². The van der Waals surface area contributed by atoms with Crippen LogP contribution in [0.15, 0.2) is 0 Å². The summed E-state index contributed by atoms with van der Waals surface area (Å²) < 4.78 is 0. The number of likely N-dealkylation sites (N-methyl/N-ethyl adjacent to an activating group) is 1. The fourth-order valence-corrected chi connectivity index (χ4v) is 2.31. The minimum atomic E-state index is -0.0698. The predicted molar refractivity (Wildman–Crippen MR) is 75.8 cm³/mol. The van der Waals surface area contributed by atoms with E-state index >= 15 is 0 Å². The number of nitrogens with zero attached hydrogens (tertiary/aromatic N) is 1. The van der Waals surface area contributed by atoms with Gasteiger partial charge in [-0.15, -0.1) is 0 Å². The Labute approximate surface area is 116 Å². The Morgan fingerprint density at radius 2 is 2.00 bits per heavy atom. The van der Waals surface area contributed by atoms with Crippen molar-refractivity contribution in [1.29, 1.82) is 0 Å². The van der Waals surface area contributed by atoms with Gasteiger partial charge < -0.3 is 15.5 Å². The Bertz CT molecular complexity index is 288. The number of hydrogen-bond acceptors (Lipinski definition) is 3. The lowest BCUT2D eigenvalue weighted by atomic mass is 9.93. The molecule has 0 unspecified atom stereocenters. The fourth-order valence-electron chi connectivity index (χ4n) is 2.31. The van der Waals surface area contributed by atoms with Gasteiger partial charge in [-0.1, -0.05) is 6.92 Å². The Hall–Kier alpha value is -1.10. The molecule has 1 saturated heterocycles. The first-order chi connectivity index (χ1) is 9.13. The molecular weight excluding hydrogens is 242 g/mol. The molecule has 2 N–H and O–H groups in total.